The molecule has 0 bridgehead atoms. The minimum atomic E-state index is 0.117. The molecule has 0 spiro atoms. The fourth-order valence-corrected chi connectivity index (χ4v) is 3.76. The highest BCUT2D eigenvalue weighted by molar-refractivity contribution is 7.19. The topological polar surface area (TPSA) is 54.7 Å². The van der Waals surface area contributed by atoms with E-state index in [1.165, 1.54) is 11.3 Å². The lowest BCUT2D eigenvalue weighted by Crippen LogP contribution is -1.86. The number of rotatable bonds is 5. The summed E-state index contributed by atoms with van der Waals surface area (Å²) in [5.74, 6) is 0.716. The second-order valence-corrected chi connectivity index (χ2v) is 7.07. The first-order chi connectivity index (χ1) is 13.7. The molecule has 4 aromatic rings. The Kier molecular flexibility index (Phi) is 5.17. The zero-order valence-corrected chi connectivity index (χ0v) is 16.1. The van der Waals surface area contributed by atoms with Crippen LogP contribution in [0.3, 0.4) is 0 Å². The van der Waals surface area contributed by atoms with Crippen LogP contribution in [0, 0.1) is 0 Å². The van der Waals surface area contributed by atoms with Crippen LogP contribution in [-0.4, -0.2) is 23.4 Å². The Morgan fingerprint density at radius 2 is 1.61 bits per heavy atom. The van der Waals surface area contributed by atoms with Crippen LogP contribution in [-0.2, 0) is 0 Å². The van der Waals surface area contributed by atoms with Crippen molar-refractivity contribution in [1.29, 1.82) is 0 Å². The van der Waals surface area contributed by atoms with Gasteiger partial charge in [-0.1, -0.05) is 72.0 Å². The van der Waals surface area contributed by atoms with Gasteiger partial charge >= 0.3 is 0 Å². The van der Waals surface area contributed by atoms with Crippen LogP contribution >= 0.6 is 11.3 Å². The van der Waals surface area contributed by atoms with Gasteiger partial charge in [0, 0.05) is 23.4 Å². The Balaban J connectivity index is 1.73. The van der Waals surface area contributed by atoms with Crippen molar-refractivity contribution in [2.45, 2.75) is 0 Å². The van der Waals surface area contributed by atoms with Gasteiger partial charge in [0.2, 0.25) is 5.13 Å². The molecule has 0 radical (unpaired) electrons. The van der Waals surface area contributed by atoms with Gasteiger partial charge in [0.25, 0.3) is 0 Å². The number of ether oxygens (including phenoxy) is 1. The van der Waals surface area contributed by atoms with Gasteiger partial charge < -0.3 is 9.84 Å². The Hall–Kier alpha value is -3.44. The summed E-state index contributed by atoms with van der Waals surface area (Å²) >= 11 is 1.52. The molecule has 4 nitrogen and oxygen atoms in total. The van der Waals surface area contributed by atoms with Crippen molar-refractivity contribution in [3.63, 3.8) is 0 Å². The van der Waals surface area contributed by atoms with Crippen LogP contribution in [0.4, 0.5) is 5.13 Å². The number of hydrogen-bond acceptors (Lipinski definition) is 5. The number of aliphatic imine (C=N–C) groups is 1. The van der Waals surface area contributed by atoms with E-state index >= 15 is 0 Å². The van der Waals surface area contributed by atoms with Crippen LogP contribution in [0.15, 0.2) is 83.9 Å². The lowest BCUT2D eigenvalue weighted by Gasteiger charge is -2.02. The minimum absolute atomic E-state index is 0.117. The van der Waals surface area contributed by atoms with Crippen molar-refractivity contribution in [2.24, 2.45) is 4.99 Å². The van der Waals surface area contributed by atoms with Gasteiger partial charge in [-0.3, -0.25) is 0 Å². The van der Waals surface area contributed by atoms with Crippen LogP contribution in [0.25, 0.3) is 21.7 Å². The molecule has 5 heteroatoms. The highest BCUT2D eigenvalue weighted by Crippen LogP contribution is 2.40. The maximum atomic E-state index is 10.1. The highest BCUT2D eigenvalue weighted by atomic mass is 32.1. The normalized spacial score (nSPS) is 11.0. The zero-order chi connectivity index (χ0) is 19.3. The van der Waals surface area contributed by atoms with Crippen LogP contribution in [0.2, 0.25) is 0 Å². The molecule has 138 valence electrons. The third-order valence-electron chi connectivity index (χ3n) is 4.25. The van der Waals surface area contributed by atoms with E-state index in [1.54, 1.807) is 31.5 Å². The van der Waals surface area contributed by atoms with Crippen molar-refractivity contribution >= 4 is 22.7 Å². The molecule has 0 aliphatic rings. The van der Waals surface area contributed by atoms with E-state index in [9.17, 15) is 5.11 Å². The molecule has 0 saturated carbocycles. The first-order valence-electron chi connectivity index (χ1n) is 8.77. The van der Waals surface area contributed by atoms with Gasteiger partial charge in [-0.15, -0.1) is 0 Å². The third kappa shape index (κ3) is 3.80. The van der Waals surface area contributed by atoms with Gasteiger partial charge in [-0.2, -0.15) is 0 Å². The molecule has 28 heavy (non-hydrogen) atoms. The van der Waals surface area contributed by atoms with Crippen molar-refractivity contribution in [3.05, 3.63) is 84.4 Å². The lowest BCUT2D eigenvalue weighted by atomic mass is 10.1. The molecule has 0 aliphatic carbocycles. The summed E-state index contributed by atoms with van der Waals surface area (Å²) in [6.45, 7) is 0. The van der Waals surface area contributed by atoms with E-state index < -0.39 is 0 Å². The fraction of sp³-hybridized carbons (Fsp3) is 0.0435. The summed E-state index contributed by atoms with van der Waals surface area (Å²) in [5.41, 5.74) is 3.67. The fourth-order valence-electron chi connectivity index (χ4n) is 2.83. The molecule has 0 fully saturated rings. The Labute approximate surface area is 167 Å². The number of phenolic OH excluding ortho intramolecular Hbond substituents is 1. The molecule has 1 N–H and O–H groups in total. The smallest absolute Gasteiger partial charge is 0.210 e. The first kappa shape index (κ1) is 17.9. The number of thiazole rings is 1. The van der Waals surface area contributed by atoms with Crippen LogP contribution in [0.1, 0.15) is 5.56 Å². The zero-order valence-electron chi connectivity index (χ0n) is 15.2. The standard InChI is InChI=1S/C23H18N2O2S/c1-27-19-13-12-18(20(26)14-19)15-24-23-25-21(16-8-4-2-5-9-16)22(28-23)17-10-6-3-7-11-17/h2-15,26H,1H3. The molecular formula is C23H18N2O2S. The van der Waals surface area contributed by atoms with Gasteiger partial charge in [0.05, 0.1) is 17.7 Å². The lowest BCUT2D eigenvalue weighted by molar-refractivity contribution is 0.407. The molecular weight excluding hydrogens is 368 g/mol. The summed E-state index contributed by atoms with van der Waals surface area (Å²) in [6.07, 6.45) is 1.62. The molecule has 0 atom stereocenters. The number of nitrogens with zero attached hydrogens (tertiary/aromatic N) is 2. The number of aromatic nitrogens is 1. The Morgan fingerprint density at radius 3 is 2.25 bits per heavy atom. The van der Waals surface area contributed by atoms with Crippen LogP contribution < -0.4 is 4.74 Å². The van der Waals surface area contributed by atoms with Gasteiger partial charge in [-0.25, -0.2) is 9.98 Å². The van der Waals surface area contributed by atoms with E-state index in [4.69, 9.17) is 9.72 Å². The van der Waals surface area contributed by atoms with Gasteiger partial charge in [0.1, 0.15) is 11.5 Å². The van der Waals surface area contributed by atoms with E-state index in [1.807, 2.05) is 48.5 Å². The maximum Gasteiger partial charge on any atom is 0.210 e. The quantitative estimate of drug-likeness (QED) is 0.432. The van der Waals surface area contributed by atoms with Crippen molar-refractivity contribution < 1.29 is 9.84 Å². The average molecular weight is 386 g/mol. The Bertz CT molecular complexity index is 1050. The minimum Gasteiger partial charge on any atom is -0.507 e. The van der Waals surface area contributed by atoms with Gasteiger partial charge in [-0.05, 0) is 17.7 Å². The molecule has 1 aromatic heterocycles. The Morgan fingerprint density at radius 1 is 0.929 bits per heavy atom. The first-order valence-corrected chi connectivity index (χ1v) is 9.59. The monoisotopic (exact) mass is 386 g/mol. The third-order valence-corrected chi connectivity index (χ3v) is 5.26. The molecule has 1 heterocycles. The average Bonchev–Trinajstić information content (AvgIpc) is 3.18. The predicted octanol–water partition coefficient (Wildman–Crippen LogP) is 5.94. The van der Waals surface area contributed by atoms with Crippen molar-refractivity contribution in [1.82, 2.24) is 4.98 Å². The molecule has 0 aliphatic heterocycles. The second kappa shape index (κ2) is 8.06. The molecule has 4 rings (SSSR count). The van der Waals surface area contributed by atoms with Crippen molar-refractivity contribution in [3.8, 4) is 33.2 Å². The summed E-state index contributed by atoms with van der Waals surface area (Å²) in [5, 5.41) is 10.8. The van der Waals surface area contributed by atoms with E-state index in [0.29, 0.717) is 16.4 Å². The number of phenols is 1. The SMILES string of the molecule is COc1ccc(C=Nc2nc(-c3ccccc3)c(-c3ccccc3)s2)c(O)c1. The summed E-state index contributed by atoms with van der Waals surface area (Å²) < 4.78 is 5.12. The highest BCUT2D eigenvalue weighted by Gasteiger charge is 2.14. The molecule has 0 saturated heterocycles. The molecule has 0 amide bonds. The second-order valence-electron chi connectivity index (χ2n) is 6.09. The number of hydrogen-bond donors (Lipinski definition) is 1. The molecule has 3 aromatic carbocycles. The predicted molar refractivity (Wildman–Crippen MR) is 115 cm³/mol. The largest absolute Gasteiger partial charge is 0.507 e. The number of aromatic hydroxyl groups is 1. The number of methoxy groups -OCH3 is 1. The summed E-state index contributed by atoms with van der Waals surface area (Å²) in [7, 11) is 1.56. The van der Waals surface area contributed by atoms with Crippen molar-refractivity contribution in [2.75, 3.05) is 7.11 Å². The van der Waals surface area contributed by atoms with E-state index in [-0.39, 0.29) is 5.75 Å². The summed E-state index contributed by atoms with van der Waals surface area (Å²) in [6, 6.07) is 25.4. The van der Waals surface area contributed by atoms with E-state index in [2.05, 4.69) is 17.1 Å². The van der Waals surface area contributed by atoms with Crippen LogP contribution in [0.5, 0.6) is 11.5 Å². The molecule has 0 unspecified atom stereocenters. The van der Waals surface area contributed by atoms with Gasteiger partial charge in [0.15, 0.2) is 0 Å². The van der Waals surface area contributed by atoms with E-state index in [0.717, 1.165) is 21.7 Å². The summed E-state index contributed by atoms with van der Waals surface area (Å²) in [4.78, 5) is 10.3. The number of benzene rings is 3. The maximum absolute atomic E-state index is 10.1.